The highest BCUT2D eigenvalue weighted by Crippen LogP contribution is 2.33. The Morgan fingerprint density at radius 2 is 2.33 bits per heavy atom. The number of rotatable bonds is 2. The number of nitrogens with one attached hydrogen (secondary N) is 1. The first-order valence-electron chi connectivity index (χ1n) is 5.55. The van der Waals surface area contributed by atoms with Gasteiger partial charge < -0.3 is 5.32 Å². The molecule has 0 radical (unpaired) electrons. The highest BCUT2D eigenvalue weighted by Gasteiger charge is 2.28. The smallest absolute Gasteiger partial charge is 0.270 e. The van der Waals surface area contributed by atoms with Gasteiger partial charge in [-0.2, -0.15) is 0 Å². The molecular weight excluding hydrogens is 232 g/mol. The second-order valence-corrected chi connectivity index (χ2v) is 4.35. The van der Waals surface area contributed by atoms with Gasteiger partial charge in [-0.15, -0.1) is 12.3 Å². The quantitative estimate of drug-likeness (QED) is 0.491. The number of amides is 1. The highest BCUT2D eigenvalue weighted by atomic mass is 16.6. The van der Waals surface area contributed by atoms with Crippen molar-refractivity contribution in [2.45, 2.75) is 19.8 Å². The van der Waals surface area contributed by atoms with Crippen molar-refractivity contribution in [3.05, 3.63) is 33.4 Å². The Kier molecular flexibility index (Phi) is 3.02. The number of non-ortho nitro benzene ring substituents is 1. The van der Waals surface area contributed by atoms with Gasteiger partial charge in [-0.1, -0.05) is 0 Å². The molecule has 0 spiro atoms. The Labute approximate surface area is 104 Å². The minimum Gasteiger partial charge on any atom is -0.325 e. The molecule has 5 heteroatoms. The Balaban J connectivity index is 2.44. The van der Waals surface area contributed by atoms with E-state index in [0.29, 0.717) is 24.1 Å². The van der Waals surface area contributed by atoms with Crippen molar-refractivity contribution in [3.8, 4) is 12.3 Å². The fraction of sp³-hybridized carbons (Fsp3) is 0.308. The minimum atomic E-state index is -0.431. The zero-order valence-corrected chi connectivity index (χ0v) is 9.90. The molecule has 1 N–H and O–H groups in total. The summed E-state index contributed by atoms with van der Waals surface area (Å²) in [6.45, 7) is 1.74. The second-order valence-electron chi connectivity index (χ2n) is 4.35. The van der Waals surface area contributed by atoms with Crippen LogP contribution in [0, 0.1) is 35.3 Å². The summed E-state index contributed by atoms with van der Waals surface area (Å²) in [5.41, 5.74) is 2.20. The molecule has 18 heavy (non-hydrogen) atoms. The molecular formula is C13H12N2O3. The summed E-state index contributed by atoms with van der Waals surface area (Å²) in [4.78, 5) is 22.1. The Bertz CT molecular complexity index is 572. The number of carbonyl (C=O) groups excluding carboxylic acids is 1. The molecule has 0 saturated heterocycles. The third-order valence-corrected chi connectivity index (χ3v) is 3.06. The van der Waals surface area contributed by atoms with E-state index in [-0.39, 0.29) is 17.5 Å². The van der Waals surface area contributed by atoms with E-state index in [1.807, 2.05) is 0 Å². The van der Waals surface area contributed by atoms with E-state index in [4.69, 9.17) is 6.42 Å². The molecule has 0 aromatic heterocycles. The summed E-state index contributed by atoms with van der Waals surface area (Å²) in [5.74, 6) is 2.04. The van der Waals surface area contributed by atoms with Crippen LogP contribution >= 0.6 is 0 Å². The fourth-order valence-electron chi connectivity index (χ4n) is 2.18. The van der Waals surface area contributed by atoms with Gasteiger partial charge in [0.1, 0.15) is 0 Å². The molecule has 1 aromatic carbocycles. The number of nitrogens with zero attached hydrogens (tertiary/aromatic N) is 1. The summed E-state index contributed by atoms with van der Waals surface area (Å²) in [7, 11) is 0. The number of nitro benzene ring substituents is 1. The van der Waals surface area contributed by atoms with E-state index >= 15 is 0 Å². The zero-order valence-electron chi connectivity index (χ0n) is 9.90. The second kappa shape index (κ2) is 4.49. The molecule has 0 bridgehead atoms. The Morgan fingerprint density at radius 3 is 2.94 bits per heavy atom. The van der Waals surface area contributed by atoms with Crippen LogP contribution in [0.15, 0.2) is 12.1 Å². The lowest BCUT2D eigenvalue weighted by Gasteiger charge is -2.24. The first-order valence-corrected chi connectivity index (χ1v) is 5.55. The molecule has 1 aliphatic heterocycles. The van der Waals surface area contributed by atoms with Crippen molar-refractivity contribution in [2.24, 2.45) is 5.92 Å². The predicted octanol–water partition coefficient (Wildman–Crippen LogP) is 2.04. The first-order chi connectivity index (χ1) is 8.52. The lowest BCUT2D eigenvalue weighted by Crippen LogP contribution is -2.30. The largest absolute Gasteiger partial charge is 0.325 e. The zero-order chi connectivity index (χ0) is 13.3. The molecule has 0 fully saturated rings. The normalized spacial score (nSPS) is 17.6. The lowest BCUT2D eigenvalue weighted by molar-refractivity contribution is -0.385. The van der Waals surface area contributed by atoms with Crippen LogP contribution in [0.2, 0.25) is 0 Å². The van der Waals surface area contributed by atoms with Gasteiger partial charge in [0.05, 0.1) is 10.8 Å². The number of terminal acetylenes is 1. The standard InChI is InChI=1S/C13H12N2O3/c1-3-4-9-6-10-7-11(15(17)18)5-8(2)12(10)14-13(9)16/h1,5,7,9H,4,6H2,2H3,(H,14,16). The molecule has 1 aliphatic rings. The number of fused-ring (bicyclic) bond motifs is 1. The van der Waals surface area contributed by atoms with Crippen LogP contribution in [0.1, 0.15) is 17.5 Å². The maximum absolute atomic E-state index is 11.8. The van der Waals surface area contributed by atoms with Crippen molar-refractivity contribution in [1.82, 2.24) is 0 Å². The topological polar surface area (TPSA) is 72.2 Å². The maximum Gasteiger partial charge on any atom is 0.270 e. The summed E-state index contributed by atoms with van der Waals surface area (Å²) >= 11 is 0. The summed E-state index contributed by atoms with van der Waals surface area (Å²) in [6.07, 6.45) is 6.00. The van der Waals surface area contributed by atoms with Crippen molar-refractivity contribution < 1.29 is 9.72 Å². The van der Waals surface area contributed by atoms with E-state index in [9.17, 15) is 14.9 Å². The lowest BCUT2D eigenvalue weighted by atomic mass is 9.89. The Hall–Kier alpha value is -2.35. The first kappa shape index (κ1) is 12.1. The predicted molar refractivity (Wildman–Crippen MR) is 67.1 cm³/mol. The van der Waals surface area contributed by atoms with Gasteiger partial charge in [-0.3, -0.25) is 14.9 Å². The Morgan fingerprint density at radius 1 is 1.61 bits per heavy atom. The molecule has 1 aromatic rings. The SMILES string of the molecule is C#CCC1Cc2cc([N+](=O)[O-])cc(C)c2NC1=O. The summed E-state index contributed by atoms with van der Waals surface area (Å²) in [5, 5.41) is 13.6. The molecule has 1 unspecified atom stereocenters. The van der Waals surface area contributed by atoms with Crippen LogP contribution in [0.3, 0.4) is 0 Å². The van der Waals surface area contributed by atoms with Crippen LogP contribution in [0.4, 0.5) is 11.4 Å². The summed E-state index contributed by atoms with van der Waals surface area (Å²) in [6, 6.07) is 2.96. The van der Waals surface area contributed by atoms with Crippen molar-refractivity contribution in [1.29, 1.82) is 0 Å². The van der Waals surface area contributed by atoms with Crippen LogP contribution in [0.5, 0.6) is 0 Å². The third kappa shape index (κ3) is 2.05. The average Bonchev–Trinajstić information content (AvgIpc) is 2.31. The van der Waals surface area contributed by atoms with E-state index in [1.54, 1.807) is 6.92 Å². The molecule has 92 valence electrons. The van der Waals surface area contributed by atoms with Crippen molar-refractivity contribution in [2.75, 3.05) is 5.32 Å². The van der Waals surface area contributed by atoms with Gasteiger partial charge in [0.15, 0.2) is 0 Å². The van der Waals surface area contributed by atoms with Crippen LogP contribution in [-0.2, 0) is 11.2 Å². The third-order valence-electron chi connectivity index (χ3n) is 3.06. The van der Waals surface area contributed by atoms with Crippen LogP contribution < -0.4 is 5.32 Å². The molecule has 0 aliphatic carbocycles. The maximum atomic E-state index is 11.8. The summed E-state index contributed by atoms with van der Waals surface area (Å²) < 4.78 is 0. The van der Waals surface area contributed by atoms with Gasteiger partial charge >= 0.3 is 0 Å². The number of carbonyl (C=O) groups is 1. The molecule has 1 atom stereocenters. The van der Waals surface area contributed by atoms with Crippen LogP contribution in [-0.4, -0.2) is 10.8 Å². The van der Waals surface area contributed by atoms with E-state index in [1.165, 1.54) is 12.1 Å². The van der Waals surface area contributed by atoms with Gasteiger partial charge in [0.25, 0.3) is 5.69 Å². The van der Waals surface area contributed by atoms with E-state index in [0.717, 1.165) is 5.56 Å². The average molecular weight is 244 g/mol. The molecule has 0 saturated carbocycles. The monoisotopic (exact) mass is 244 g/mol. The molecule has 1 heterocycles. The highest BCUT2D eigenvalue weighted by molar-refractivity contribution is 5.97. The van der Waals surface area contributed by atoms with Gasteiger partial charge in [0, 0.05) is 24.2 Å². The van der Waals surface area contributed by atoms with E-state index < -0.39 is 4.92 Å². The molecule has 1 amide bonds. The van der Waals surface area contributed by atoms with Gasteiger partial charge in [-0.25, -0.2) is 0 Å². The number of aryl methyl sites for hydroxylation is 1. The number of hydrogen-bond donors (Lipinski definition) is 1. The van der Waals surface area contributed by atoms with Gasteiger partial charge in [-0.05, 0) is 24.5 Å². The number of nitro groups is 1. The number of anilines is 1. The van der Waals surface area contributed by atoms with E-state index in [2.05, 4.69) is 11.2 Å². The molecule has 5 nitrogen and oxygen atoms in total. The van der Waals surface area contributed by atoms with Crippen LogP contribution in [0.25, 0.3) is 0 Å². The van der Waals surface area contributed by atoms with Crippen molar-refractivity contribution >= 4 is 17.3 Å². The number of hydrogen-bond acceptors (Lipinski definition) is 3. The number of benzene rings is 1. The fourth-order valence-corrected chi connectivity index (χ4v) is 2.18. The van der Waals surface area contributed by atoms with Crippen molar-refractivity contribution in [3.63, 3.8) is 0 Å². The van der Waals surface area contributed by atoms with Gasteiger partial charge in [0.2, 0.25) is 5.91 Å². The molecule has 2 rings (SSSR count). The minimum absolute atomic E-state index is 0.0434.